The van der Waals surface area contributed by atoms with Gasteiger partial charge in [-0.25, -0.2) is 4.98 Å². The number of hydrogen-bond donors (Lipinski definition) is 1. The molecule has 0 spiro atoms. The maximum absolute atomic E-state index is 5.97. The standard InChI is InChI=1S/C14H17BrN2O2/c1-6-7(2)18-8(3)12(6)14-17-11-5-9(15)4-10(16)13(11)19-14/h4-8,12H,16H2,1-3H3. The molecule has 5 heteroatoms. The number of ether oxygens (including phenoxy) is 1. The van der Waals surface area contributed by atoms with E-state index in [-0.39, 0.29) is 18.1 Å². The first-order chi connectivity index (χ1) is 8.97. The summed E-state index contributed by atoms with van der Waals surface area (Å²) in [6, 6.07) is 3.76. The zero-order valence-corrected chi connectivity index (χ0v) is 12.8. The van der Waals surface area contributed by atoms with Gasteiger partial charge < -0.3 is 14.9 Å². The minimum Gasteiger partial charge on any atom is -0.438 e. The molecule has 2 N–H and O–H groups in total. The van der Waals surface area contributed by atoms with Crippen LogP contribution in [0.3, 0.4) is 0 Å². The molecule has 1 fully saturated rings. The molecule has 0 amide bonds. The third-order valence-corrected chi connectivity index (χ3v) is 4.49. The number of benzene rings is 1. The molecule has 2 heterocycles. The van der Waals surface area contributed by atoms with Crippen molar-refractivity contribution in [1.29, 1.82) is 0 Å². The summed E-state index contributed by atoms with van der Waals surface area (Å²) in [5.41, 5.74) is 8.03. The highest BCUT2D eigenvalue weighted by Gasteiger charge is 2.41. The van der Waals surface area contributed by atoms with Crippen molar-refractivity contribution >= 4 is 32.7 Å². The van der Waals surface area contributed by atoms with Crippen LogP contribution >= 0.6 is 15.9 Å². The van der Waals surface area contributed by atoms with Gasteiger partial charge in [-0.2, -0.15) is 0 Å². The average Bonchev–Trinajstić information content (AvgIpc) is 2.81. The molecule has 4 atom stereocenters. The Hall–Kier alpha value is -1.07. The number of nitrogens with zero attached hydrogens (tertiary/aromatic N) is 1. The van der Waals surface area contributed by atoms with Crippen LogP contribution in [-0.4, -0.2) is 17.2 Å². The fraction of sp³-hybridized carbons (Fsp3) is 0.500. The fourth-order valence-corrected chi connectivity index (χ4v) is 3.34. The highest BCUT2D eigenvalue weighted by atomic mass is 79.9. The molecule has 1 aromatic carbocycles. The topological polar surface area (TPSA) is 61.3 Å². The molecule has 102 valence electrons. The Morgan fingerprint density at radius 3 is 2.58 bits per heavy atom. The van der Waals surface area contributed by atoms with Gasteiger partial charge in [0, 0.05) is 4.47 Å². The van der Waals surface area contributed by atoms with Crippen LogP contribution < -0.4 is 5.73 Å². The van der Waals surface area contributed by atoms with E-state index in [1.54, 1.807) is 0 Å². The molecule has 4 nitrogen and oxygen atoms in total. The maximum atomic E-state index is 5.97. The number of rotatable bonds is 1. The SMILES string of the molecule is CC1OC(C)C(c2nc3cc(Br)cc(N)c3o2)C1C. The zero-order chi connectivity index (χ0) is 13.7. The Morgan fingerprint density at radius 2 is 1.95 bits per heavy atom. The second-order valence-electron chi connectivity index (χ2n) is 5.33. The number of aromatic nitrogens is 1. The van der Waals surface area contributed by atoms with Gasteiger partial charge in [0.1, 0.15) is 5.52 Å². The first kappa shape index (κ1) is 12.9. The van der Waals surface area contributed by atoms with E-state index in [0.29, 0.717) is 17.2 Å². The molecule has 1 aliphatic heterocycles. The van der Waals surface area contributed by atoms with Crippen molar-refractivity contribution in [2.24, 2.45) is 5.92 Å². The number of nitrogen functional groups attached to an aromatic ring is 1. The predicted molar refractivity (Wildman–Crippen MR) is 78.0 cm³/mol. The molecular formula is C14H17BrN2O2. The van der Waals surface area contributed by atoms with Crippen LogP contribution in [0.15, 0.2) is 21.0 Å². The highest BCUT2D eigenvalue weighted by Crippen LogP contribution is 2.41. The van der Waals surface area contributed by atoms with Crippen molar-refractivity contribution in [1.82, 2.24) is 4.98 Å². The van der Waals surface area contributed by atoms with Gasteiger partial charge in [0.2, 0.25) is 5.89 Å². The molecule has 0 saturated carbocycles. The molecule has 0 bridgehead atoms. The Morgan fingerprint density at radius 1 is 1.21 bits per heavy atom. The Balaban J connectivity index is 2.09. The molecule has 1 aromatic heterocycles. The van der Waals surface area contributed by atoms with Gasteiger partial charge in [0.25, 0.3) is 0 Å². The quantitative estimate of drug-likeness (QED) is 0.812. The van der Waals surface area contributed by atoms with E-state index in [2.05, 4.69) is 41.7 Å². The molecule has 2 aromatic rings. The minimum atomic E-state index is 0.114. The van der Waals surface area contributed by atoms with Crippen LogP contribution in [0.4, 0.5) is 5.69 Å². The van der Waals surface area contributed by atoms with Crippen molar-refractivity contribution in [3.05, 3.63) is 22.5 Å². The summed E-state index contributed by atoms with van der Waals surface area (Å²) in [6.07, 6.45) is 0.335. The number of fused-ring (bicyclic) bond motifs is 1. The summed E-state index contributed by atoms with van der Waals surface area (Å²) in [6.45, 7) is 6.33. The van der Waals surface area contributed by atoms with Crippen LogP contribution in [0.1, 0.15) is 32.6 Å². The lowest BCUT2D eigenvalue weighted by Crippen LogP contribution is -2.15. The molecule has 1 saturated heterocycles. The Kier molecular flexibility index (Phi) is 3.06. The fourth-order valence-electron chi connectivity index (χ4n) is 2.88. The summed E-state index contributed by atoms with van der Waals surface area (Å²) in [7, 11) is 0. The minimum absolute atomic E-state index is 0.114. The smallest absolute Gasteiger partial charge is 0.201 e. The largest absolute Gasteiger partial charge is 0.438 e. The van der Waals surface area contributed by atoms with Crippen molar-refractivity contribution in [3.8, 4) is 0 Å². The number of nitrogens with two attached hydrogens (primary N) is 1. The summed E-state index contributed by atoms with van der Waals surface area (Å²) in [4.78, 5) is 4.60. The molecule has 1 aliphatic rings. The Labute approximate surface area is 120 Å². The molecule has 3 rings (SSSR count). The average molecular weight is 325 g/mol. The van der Waals surface area contributed by atoms with Crippen LogP contribution in [0.25, 0.3) is 11.1 Å². The van der Waals surface area contributed by atoms with E-state index in [1.807, 2.05) is 12.1 Å². The number of anilines is 1. The second kappa shape index (κ2) is 4.49. The van der Waals surface area contributed by atoms with Gasteiger partial charge in [-0.05, 0) is 31.9 Å². The summed E-state index contributed by atoms with van der Waals surface area (Å²) >= 11 is 3.42. The van der Waals surface area contributed by atoms with Crippen LogP contribution in [-0.2, 0) is 4.74 Å². The molecule has 4 unspecified atom stereocenters. The summed E-state index contributed by atoms with van der Waals surface area (Å²) in [5, 5.41) is 0. The third-order valence-electron chi connectivity index (χ3n) is 4.03. The van der Waals surface area contributed by atoms with Crippen LogP contribution in [0.2, 0.25) is 0 Å². The Bertz CT molecular complexity index is 625. The summed E-state index contributed by atoms with van der Waals surface area (Å²) in [5.74, 6) is 1.29. The van der Waals surface area contributed by atoms with Gasteiger partial charge in [-0.3, -0.25) is 0 Å². The number of halogens is 1. The lowest BCUT2D eigenvalue weighted by Gasteiger charge is -2.13. The lowest BCUT2D eigenvalue weighted by molar-refractivity contribution is 0.0546. The first-order valence-corrected chi connectivity index (χ1v) is 7.27. The normalized spacial score (nSPS) is 31.2. The van der Waals surface area contributed by atoms with Crippen molar-refractivity contribution in [2.75, 3.05) is 5.73 Å². The van der Waals surface area contributed by atoms with Gasteiger partial charge >= 0.3 is 0 Å². The van der Waals surface area contributed by atoms with Gasteiger partial charge in [-0.15, -0.1) is 0 Å². The molecule has 19 heavy (non-hydrogen) atoms. The van der Waals surface area contributed by atoms with E-state index < -0.39 is 0 Å². The number of hydrogen-bond acceptors (Lipinski definition) is 4. The van der Waals surface area contributed by atoms with E-state index in [4.69, 9.17) is 14.9 Å². The van der Waals surface area contributed by atoms with Gasteiger partial charge in [0.15, 0.2) is 5.58 Å². The van der Waals surface area contributed by atoms with Crippen molar-refractivity contribution < 1.29 is 9.15 Å². The van der Waals surface area contributed by atoms with Crippen molar-refractivity contribution in [2.45, 2.75) is 38.9 Å². The van der Waals surface area contributed by atoms with E-state index in [1.165, 1.54) is 0 Å². The lowest BCUT2D eigenvalue weighted by atomic mass is 9.89. The molecule has 0 aliphatic carbocycles. The van der Waals surface area contributed by atoms with Crippen molar-refractivity contribution in [3.63, 3.8) is 0 Å². The van der Waals surface area contributed by atoms with E-state index in [0.717, 1.165) is 15.9 Å². The summed E-state index contributed by atoms with van der Waals surface area (Å²) < 4.78 is 12.7. The monoisotopic (exact) mass is 324 g/mol. The van der Waals surface area contributed by atoms with Crippen LogP contribution in [0, 0.1) is 5.92 Å². The maximum Gasteiger partial charge on any atom is 0.201 e. The second-order valence-corrected chi connectivity index (χ2v) is 6.24. The van der Waals surface area contributed by atoms with Gasteiger partial charge in [-0.1, -0.05) is 22.9 Å². The van der Waals surface area contributed by atoms with E-state index >= 15 is 0 Å². The number of oxazole rings is 1. The molecular weight excluding hydrogens is 308 g/mol. The third kappa shape index (κ3) is 2.05. The highest BCUT2D eigenvalue weighted by molar-refractivity contribution is 9.10. The van der Waals surface area contributed by atoms with Gasteiger partial charge in [0.05, 0.1) is 23.8 Å². The predicted octanol–water partition coefficient (Wildman–Crippen LogP) is 3.70. The van der Waals surface area contributed by atoms with E-state index in [9.17, 15) is 0 Å². The zero-order valence-electron chi connectivity index (χ0n) is 11.2. The first-order valence-electron chi connectivity index (χ1n) is 6.48. The van der Waals surface area contributed by atoms with Crippen LogP contribution in [0.5, 0.6) is 0 Å². The molecule has 0 radical (unpaired) electrons.